The monoisotopic (exact) mass is 256 g/mol. The van der Waals surface area contributed by atoms with Crippen molar-refractivity contribution in [2.24, 2.45) is 5.92 Å². The minimum absolute atomic E-state index is 0.104. The van der Waals surface area contributed by atoms with Gasteiger partial charge in [-0.2, -0.15) is 0 Å². The maximum absolute atomic E-state index is 11.6. The number of aromatic nitrogens is 2. The summed E-state index contributed by atoms with van der Waals surface area (Å²) in [7, 11) is 0. The van der Waals surface area contributed by atoms with Crippen LogP contribution in [0, 0.1) is 12.8 Å². The van der Waals surface area contributed by atoms with Gasteiger partial charge in [-0.05, 0) is 6.92 Å². The average molecular weight is 256 g/mol. The van der Waals surface area contributed by atoms with E-state index in [0.717, 1.165) is 0 Å². The third-order valence-corrected chi connectivity index (χ3v) is 3.26. The molecule has 1 fully saturated rings. The van der Waals surface area contributed by atoms with Gasteiger partial charge in [0.15, 0.2) is 0 Å². The second-order valence-electron chi connectivity index (χ2n) is 4.47. The Hall–Kier alpha value is -1.44. The molecule has 2 heterocycles. The molecule has 3 N–H and O–H groups in total. The first-order valence-electron chi connectivity index (χ1n) is 5.74. The number of hydrogen-bond donors (Lipinski definition) is 3. The molecule has 18 heavy (non-hydrogen) atoms. The summed E-state index contributed by atoms with van der Waals surface area (Å²) in [5.74, 6) is -0.186. The van der Waals surface area contributed by atoms with Gasteiger partial charge in [-0.1, -0.05) is 0 Å². The fourth-order valence-corrected chi connectivity index (χ4v) is 2.12. The predicted octanol–water partition coefficient (Wildman–Crippen LogP) is -1.79. The SMILES string of the molecule is Cc1cn(C[C@@H]2O[C@H](CO)[C@H]2CO)c(=O)[nH]c1=O. The Morgan fingerprint density at radius 3 is 2.67 bits per heavy atom. The molecule has 0 radical (unpaired) electrons. The van der Waals surface area contributed by atoms with E-state index >= 15 is 0 Å². The van der Waals surface area contributed by atoms with Crippen LogP contribution in [0.1, 0.15) is 5.56 Å². The normalized spacial score (nSPS) is 26.9. The lowest BCUT2D eigenvalue weighted by Gasteiger charge is -2.43. The van der Waals surface area contributed by atoms with Crippen molar-refractivity contribution in [3.8, 4) is 0 Å². The molecule has 3 atom stereocenters. The number of aliphatic hydroxyl groups is 2. The van der Waals surface area contributed by atoms with Crippen LogP contribution < -0.4 is 11.2 Å². The Balaban J connectivity index is 2.14. The van der Waals surface area contributed by atoms with Gasteiger partial charge in [-0.25, -0.2) is 4.79 Å². The second kappa shape index (κ2) is 5.05. The summed E-state index contributed by atoms with van der Waals surface area (Å²) < 4.78 is 6.70. The van der Waals surface area contributed by atoms with Gasteiger partial charge in [0.1, 0.15) is 0 Å². The van der Waals surface area contributed by atoms with Gasteiger partial charge in [-0.3, -0.25) is 14.3 Å². The van der Waals surface area contributed by atoms with Crippen LogP contribution in [0.3, 0.4) is 0 Å². The van der Waals surface area contributed by atoms with Crippen LogP contribution in [-0.4, -0.2) is 45.2 Å². The summed E-state index contributed by atoms with van der Waals surface area (Å²) in [4.78, 5) is 25.0. The topological polar surface area (TPSA) is 105 Å². The number of aromatic amines is 1. The van der Waals surface area contributed by atoms with Crippen LogP contribution in [0.5, 0.6) is 0 Å². The molecule has 2 rings (SSSR count). The molecule has 1 aliphatic rings. The fourth-order valence-electron chi connectivity index (χ4n) is 2.12. The van der Waals surface area contributed by atoms with Crippen molar-refractivity contribution in [3.05, 3.63) is 32.6 Å². The average Bonchev–Trinajstić information content (AvgIpc) is 2.30. The summed E-state index contributed by atoms with van der Waals surface area (Å²) >= 11 is 0. The van der Waals surface area contributed by atoms with Crippen molar-refractivity contribution >= 4 is 0 Å². The second-order valence-corrected chi connectivity index (χ2v) is 4.47. The smallest absolute Gasteiger partial charge is 0.328 e. The van der Waals surface area contributed by atoms with Crippen LogP contribution in [-0.2, 0) is 11.3 Å². The van der Waals surface area contributed by atoms with Crippen LogP contribution in [0.4, 0.5) is 0 Å². The van der Waals surface area contributed by atoms with E-state index in [0.29, 0.717) is 5.56 Å². The Morgan fingerprint density at radius 2 is 2.06 bits per heavy atom. The minimum Gasteiger partial charge on any atom is -0.396 e. The van der Waals surface area contributed by atoms with E-state index < -0.39 is 11.2 Å². The fraction of sp³-hybridized carbons (Fsp3) is 0.636. The Kier molecular flexibility index (Phi) is 3.65. The van der Waals surface area contributed by atoms with Crippen molar-refractivity contribution in [1.82, 2.24) is 9.55 Å². The van der Waals surface area contributed by atoms with Gasteiger partial charge in [0.05, 0.1) is 32.0 Å². The van der Waals surface area contributed by atoms with Gasteiger partial charge < -0.3 is 14.9 Å². The lowest BCUT2D eigenvalue weighted by Crippen LogP contribution is -2.55. The van der Waals surface area contributed by atoms with Gasteiger partial charge in [0.2, 0.25) is 0 Å². The molecule has 1 aromatic rings. The van der Waals surface area contributed by atoms with Crippen molar-refractivity contribution in [2.75, 3.05) is 13.2 Å². The third kappa shape index (κ3) is 2.24. The zero-order valence-electron chi connectivity index (χ0n) is 10.00. The molecular weight excluding hydrogens is 240 g/mol. The first kappa shape index (κ1) is 13.0. The number of nitrogens with zero attached hydrogens (tertiary/aromatic N) is 1. The number of nitrogens with one attached hydrogen (secondary N) is 1. The van der Waals surface area contributed by atoms with Crippen LogP contribution >= 0.6 is 0 Å². The molecule has 100 valence electrons. The highest BCUT2D eigenvalue weighted by Gasteiger charge is 2.41. The van der Waals surface area contributed by atoms with E-state index in [-0.39, 0.29) is 37.9 Å². The van der Waals surface area contributed by atoms with E-state index in [4.69, 9.17) is 14.9 Å². The van der Waals surface area contributed by atoms with Gasteiger partial charge in [0, 0.05) is 17.7 Å². The molecular formula is C11H16N2O5. The zero-order chi connectivity index (χ0) is 13.3. The quantitative estimate of drug-likeness (QED) is 0.590. The minimum atomic E-state index is -0.502. The predicted molar refractivity (Wildman–Crippen MR) is 62.4 cm³/mol. The van der Waals surface area contributed by atoms with Crippen LogP contribution in [0.15, 0.2) is 15.8 Å². The third-order valence-electron chi connectivity index (χ3n) is 3.26. The lowest BCUT2D eigenvalue weighted by atomic mass is 9.90. The van der Waals surface area contributed by atoms with Crippen LogP contribution in [0.2, 0.25) is 0 Å². The molecule has 1 saturated heterocycles. The highest BCUT2D eigenvalue weighted by Crippen LogP contribution is 2.28. The van der Waals surface area contributed by atoms with Crippen molar-refractivity contribution in [2.45, 2.75) is 25.7 Å². The zero-order valence-corrected chi connectivity index (χ0v) is 10.00. The lowest BCUT2D eigenvalue weighted by molar-refractivity contribution is -0.214. The Bertz CT molecular complexity index is 535. The van der Waals surface area contributed by atoms with E-state index in [1.165, 1.54) is 10.8 Å². The number of aryl methyl sites for hydroxylation is 1. The summed E-state index contributed by atoms with van der Waals surface area (Å²) in [6.07, 6.45) is 0.764. The van der Waals surface area contributed by atoms with Crippen molar-refractivity contribution in [3.63, 3.8) is 0 Å². The van der Waals surface area contributed by atoms with Gasteiger partial charge >= 0.3 is 5.69 Å². The maximum Gasteiger partial charge on any atom is 0.328 e. The molecule has 0 aromatic carbocycles. The van der Waals surface area contributed by atoms with Gasteiger partial charge in [-0.15, -0.1) is 0 Å². The molecule has 7 nitrogen and oxygen atoms in total. The molecule has 1 aliphatic heterocycles. The first-order chi connectivity index (χ1) is 8.56. The van der Waals surface area contributed by atoms with E-state index in [1.54, 1.807) is 6.92 Å². The Morgan fingerprint density at radius 1 is 1.33 bits per heavy atom. The van der Waals surface area contributed by atoms with E-state index in [1.807, 2.05) is 0 Å². The largest absolute Gasteiger partial charge is 0.396 e. The first-order valence-corrected chi connectivity index (χ1v) is 5.74. The number of hydrogen-bond acceptors (Lipinski definition) is 5. The summed E-state index contributed by atoms with van der Waals surface area (Å²) in [6, 6.07) is 0. The highest BCUT2D eigenvalue weighted by atomic mass is 16.5. The van der Waals surface area contributed by atoms with Crippen molar-refractivity contribution in [1.29, 1.82) is 0 Å². The van der Waals surface area contributed by atoms with Crippen molar-refractivity contribution < 1.29 is 14.9 Å². The molecule has 1 aromatic heterocycles. The molecule has 0 unspecified atom stereocenters. The highest BCUT2D eigenvalue weighted by molar-refractivity contribution is 5.01. The molecule has 0 aliphatic carbocycles. The van der Waals surface area contributed by atoms with E-state index in [2.05, 4.69) is 4.98 Å². The van der Waals surface area contributed by atoms with E-state index in [9.17, 15) is 9.59 Å². The number of aliphatic hydroxyl groups excluding tert-OH is 2. The summed E-state index contributed by atoms with van der Waals surface area (Å²) in [5.41, 5.74) is -0.468. The standard InChI is InChI=1S/C11H16N2O5/c1-6-2-13(11(17)12-10(6)16)3-8-7(4-14)9(5-15)18-8/h2,7-9,14-15H,3-5H2,1H3,(H,12,16,17)/t7-,8-,9+/m0/s1. The van der Waals surface area contributed by atoms with Gasteiger partial charge in [0.25, 0.3) is 5.56 Å². The van der Waals surface area contributed by atoms with Crippen LogP contribution in [0.25, 0.3) is 0 Å². The molecule has 0 amide bonds. The number of ether oxygens (including phenoxy) is 1. The molecule has 0 spiro atoms. The Labute approximate surface area is 103 Å². The summed E-state index contributed by atoms with van der Waals surface area (Å²) in [5, 5.41) is 18.1. The molecule has 7 heteroatoms. The summed E-state index contributed by atoms with van der Waals surface area (Å²) in [6.45, 7) is 1.60. The number of H-pyrrole nitrogens is 1. The number of rotatable bonds is 4. The molecule has 0 bridgehead atoms. The molecule has 0 saturated carbocycles. The maximum atomic E-state index is 11.6.